The van der Waals surface area contributed by atoms with Gasteiger partial charge in [-0.05, 0) is 97.9 Å². The number of amides is 1. The smallest absolute Gasteiger partial charge is 0.269 e. The Morgan fingerprint density at radius 1 is 1.10 bits per heavy atom. The van der Waals surface area contributed by atoms with Crippen molar-refractivity contribution in [2.24, 2.45) is 22.9 Å². The summed E-state index contributed by atoms with van der Waals surface area (Å²) in [5.74, 6) is -0.754. The number of benzene rings is 2. The second kappa shape index (κ2) is 20.3. The lowest BCUT2D eigenvalue weighted by Crippen LogP contribution is -2.69. The number of aliphatic hydroxyl groups is 2. The van der Waals surface area contributed by atoms with Crippen molar-refractivity contribution in [3.8, 4) is 11.5 Å². The molecule has 0 radical (unpaired) electrons. The number of hydrogen-bond acceptors (Lipinski definition) is 12. The molecule has 0 bridgehead atoms. The van der Waals surface area contributed by atoms with Crippen molar-refractivity contribution in [2.45, 2.75) is 88.2 Å². The number of nitro benzene ring substituents is 1. The van der Waals surface area contributed by atoms with Crippen molar-refractivity contribution in [2.75, 3.05) is 59.7 Å². The van der Waals surface area contributed by atoms with Gasteiger partial charge < -0.3 is 38.9 Å². The number of non-ortho nitro benzene ring substituents is 1. The lowest BCUT2D eigenvalue weighted by Gasteiger charge is -2.59. The fraction of sp³-hybridized carbons (Fsp3) is 0.565. The van der Waals surface area contributed by atoms with E-state index in [9.17, 15) is 25.1 Å². The molecule has 2 saturated heterocycles. The fourth-order valence-electron chi connectivity index (χ4n) is 9.47. The maximum Gasteiger partial charge on any atom is 0.269 e. The van der Waals surface area contributed by atoms with Crippen molar-refractivity contribution < 1.29 is 43.7 Å². The summed E-state index contributed by atoms with van der Waals surface area (Å²) in [5, 5.41) is 35.9. The van der Waals surface area contributed by atoms with Crippen LogP contribution in [0.4, 0.5) is 5.69 Å². The molecule has 1 amide bonds. The van der Waals surface area contributed by atoms with E-state index in [0.717, 1.165) is 81.5 Å². The van der Waals surface area contributed by atoms with Gasteiger partial charge >= 0.3 is 0 Å². The number of hydrogen-bond donors (Lipinski definition) is 2. The van der Waals surface area contributed by atoms with Gasteiger partial charge in [0.2, 0.25) is 18.0 Å². The number of likely N-dealkylation sites (N-methyl/N-ethyl adjacent to an activating group) is 1. The van der Waals surface area contributed by atoms with Crippen LogP contribution in [0, 0.1) is 27.9 Å². The zero-order valence-corrected chi connectivity index (χ0v) is 34.7. The number of ether oxygens (including phenoxy) is 4. The number of aliphatic hydroxyl groups excluding tert-OH is 2. The molecular formula is C46H60N4O10. The Morgan fingerprint density at radius 3 is 2.58 bits per heavy atom. The van der Waals surface area contributed by atoms with Crippen LogP contribution >= 0.6 is 0 Å². The average Bonchev–Trinajstić information content (AvgIpc) is 4.10. The van der Waals surface area contributed by atoms with E-state index in [1.165, 1.54) is 18.2 Å². The highest BCUT2D eigenvalue weighted by atomic mass is 16.8. The van der Waals surface area contributed by atoms with Crippen molar-refractivity contribution in [1.29, 1.82) is 0 Å². The summed E-state index contributed by atoms with van der Waals surface area (Å²) in [7, 11) is 1.74. The summed E-state index contributed by atoms with van der Waals surface area (Å²) in [5.41, 5.74) is 3.24. The van der Waals surface area contributed by atoms with E-state index in [2.05, 4.69) is 23.6 Å². The minimum absolute atomic E-state index is 0.0346. The molecule has 3 fully saturated rings. The first-order chi connectivity index (χ1) is 29.3. The third-order valence-electron chi connectivity index (χ3n) is 12.6. The highest BCUT2D eigenvalue weighted by Gasteiger charge is 2.65. The lowest BCUT2D eigenvalue weighted by molar-refractivity contribution is -0.384. The fourth-order valence-corrected chi connectivity index (χ4v) is 9.47. The molecule has 2 aliphatic carbocycles. The van der Waals surface area contributed by atoms with Crippen molar-refractivity contribution in [1.82, 2.24) is 9.80 Å². The third-order valence-corrected chi connectivity index (χ3v) is 12.6. The number of allylic oxidation sites excluding steroid dienone is 1. The highest BCUT2D eigenvalue weighted by molar-refractivity contribution is 6.03. The number of unbranched alkanes of at least 4 members (excludes halogenated alkanes) is 2. The second-order valence-electron chi connectivity index (χ2n) is 16.5. The van der Waals surface area contributed by atoms with Gasteiger partial charge in [0.15, 0.2) is 0 Å². The van der Waals surface area contributed by atoms with Gasteiger partial charge in [0, 0.05) is 82.4 Å². The third kappa shape index (κ3) is 9.95. The van der Waals surface area contributed by atoms with E-state index < -0.39 is 29.0 Å². The summed E-state index contributed by atoms with van der Waals surface area (Å²) >= 11 is 0. The molecule has 7 atom stereocenters. The van der Waals surface area contributed by atoms with E-state index in [-0.39, 0.29) is 55.6 Å². The minimum atomic E-state index is -1.39. The molecule has 14 heteroatoms. The van der Waals surface area contributed by atoms with Crippen LogP contribution in [0.15, 0.2) is 78.0 Å². The maximum absolute atomic E-state index is 14.4. The number of oxime groups is 1. The van der Waals surface area contributed by atoms with E-state index in [1.807, 2.05) is 12.1 Å². The molecule has 7 unspecified atom stereocenters. The Labute approximate surface area is 352 Å². The molecule has 324 valence electrons. The highest BCUT2D eigenvalue weighted by Crippen LogP contribution is 2.61. The van der Waals surface area contributed by atoms with Crippen molar-refractivity contribution in [3.63, 3.8) is 0 Å². The first-order valence-corrected chi connectivity index (χ1v) is 21.7. The Balaban J connectivity index is 1.35. The average molecular weight is 829 g/mol. The molecule has 7 rings (SSSR count). The zero-order chi connectivity index (χ0) is 42.1. The zero-order valence-electron chi connectivity index (χ0n) is 34.7. The van der Waals surface area contributed by atoms with Crippen LogP contribution in [0.5, 0.6) is 11.5 Å². The van der Waals surface area contributed by atoms with Crippen molar-refractivity contribution >= 4 is 23.4 Å². The largest absolute Gasteiger partial charge is 0.492 e. The van der Waals surface area contributed by atoms with Crippen LogP contribution in [-0.4, -0.2) is 114 Å². The van der Waals surface area contributed by atoms with Gasteiger partial charge in [-0.3, -0.25) is 19.8 Å². The van der Waals surface area contributed by atoms with Gasteiger partial charge in [-0.25, -0.2) is 0 Å². The predicted octanol–water partition coefficient (Wildman–Crippen LogP) is 6.62. The number of carbonyl (C=O) groups is 1. The van der Waals surface area contributed by atoms with E-state index >= 15 is 0 Å². The van der Waals surface area contributed by atoms with Crippen LogP contribution in [0.2, 0.25) is 0 Å². The van der Waals surface area contributed by atoms with Gasteiger partial charge in [0.25, 0.3) is 5.69 Å². The van der Waals surface area contributed by atoms with E-state index in [0.29, 0.717) is 43.1 Å². The molecule has 60 heavy (non-hydrogen) atoms. The predicted molar refractivity (Wildman–Crippen MR) is 226 cm³/mol. The lowest BCUT2D eigenvalue weighted by atomic mass is 9.55. The monoisotopic (exact) mass is 828 g/mol. The first-order valence-electron chi connectivity index (χ1n) is 21.7. The van der Waals surface area contributed by atoms with Crippen LogP contribution in [-0.2, 0) is 19.1 Å². The first kappa shape index (κ1) is 43.5. The standard InChI is InChI=1S/C46H60N4O10/c1-3-26-58-46-41(48(2)42(53)20-15-32-13-16-34(17-14-32)50(54)55)31-39(47-60-43-12-6-9-27-57-43)37-29-33(10-4-7-24-51)36(11-5-8-25-52)44(45(37)46)38-30-35(18-19-40(38)59-46)56-28-23-49-21-22-49/h3,13-20,29-30,33,36,41,43-45,51-52H,1,4-12,21-28,31H2,2H3. The molecule has 0 spiro atoms. The maximum atomic E-state index is 14.4. The quantitative estimate of drug-likeness (QED) is 0.0347. The minimum Gasteiger partial charge on any atom is -0.492 e. The molecule has 2 aromatic carbocycles. The molecule has 14 nitrogen and oxygen atoms in total. The summed E-state index contributed by atoms with van der Waals surface area (Å²) < 4.78 is 26.5. The van der Waals surface area contributed by atoms with Crippen LogP contribution in [0.1, 0.15) is 81.3 Å². The summed E-state index contributed by atoms with van der Waals surface area (Å²) in [4.78, 5) is 35.3. The molecule has 0 aromatic heterocycles. The molecule has 1 saturated carbocycles. The molecular weight excluding hydrogens is 769 g/mol. The Bertz CT molecular complexity index is 1890. The Hall–Kier alpha value is -4.60. The SMILES string of the molecule is C=CCOC12Oc3ccc(OCCN4CC4)cc3C3C(CCCCO)C(CCCCO)C=C(C(=NOC4CCCCO4)CC1N(C)C(=O)C=Cc1ccc([N+](=O)[O-])cc1)C32. The summed E-state index contributed by atoms with van der Waals surface area (Å²) in [6.07, 6.45) is 14.2. The Morgan fingerprint density at radius 2 is 1.88 bits per heavy atom. The number of nitro groups is 1. The van der Waals surface area contributed by atoms with Crippen LogP contribution in [0.3, 0.4) is 0 Å². The van der Waals surface area contributed by atoms with Gasteiger partial charge in [0.05, 0.1) is 29.8 Å². The number of rotatable bonds is 21. The number of nitrogens with zero attached hydrogens (tertiary/aromatic N) is 4. The van der Waals surface area contributed by atoms with E-state index in [1.54, 1.807) is 36.2 Å². The Kier molecular flexibility index (Phi) is 14.7. The van der Waals surface area contributed by atoms with Gasteiger partial charge in [-0.2, -0.15) is 0 Å². The molecule has 2 aromatic rings. The van der Waals surface area contributed by atoms with Gasteiger partial charge in [0.1, 0.15) is 24.1 Å². The number of carbonyl (C=O) groups excluding carboxylic acids is 1. The summed E-state index contributed by atoms with van der Waals surface area (Å²) in [6, 6.07) is 11.3. The van der Waals surface area contributed by atoms with Gasteiger partial charge in [-0.1, -0.05) is 30.1 Å². The topological polar surface area (TPSA) is 165 Å². The van der Waals surface area contributed by atoms with Crippen molar-refractivity contribution in [3.05, 3.63) is 94.1 Å². The second-order valence-corrected chi connectivity index (χ2v) is 16.5. The molecule has 2 N–H and O–H groups in total. The van der Waals surface area contributed by atoms with E-state index in [4.69, 9.17) is 28.9 Å². The molecule has 3 heterocycles. The summed E-state index contributed by atoms with van der Waals surface area (Å²) in [6.45, 7) is 8.55. The molecule has 5 aliphatic rings. The molecule has 3 aliphatic heterocycles. The number of fused-ring (bicyclic) bond motifs is 2. The van der Waals surface area contributed by atoms with Crippen LogP contribution in [0.25, 0.3) is 6.08 Å². The normalized spacial score (nSPS) is 27.6. The van der Waals surface area contributed by atoms with Crippen LogP contribution < -0.4 is 9.47 Å². The van der Waals surface area contributed by atoms with Gasteiger partial charge in [-0.15, -0.1) is 6.58 Å².